The molecule has 0 bridgehead atoms. The van der Waals surface area contributed by atoms with Gasteiger partial charge in [-0.3, -0.25) is 0 Å². The summed E-state index contributed by atoms with van der Waals surface area (Å²) < 4.78 is 13.4. The average Bonchev–Trinajstić information content (AvgIpc) is 2.20. The molecule has 2 heteroatoms. The molecule has 69 valence electrons. The van der Waals surface area contributed by atoms with Crippen LogP contribution in [-0.2, 0) is 0 Å². The normalized spacial score (nSPS) is 10.1. The molecule has 0 saturated heterocycles. The Morgan fingerprint density at radius 1 is 1.07 bits per heavy atom. The summed E-state index contributed by atoms with van der Waals surface area (Å²) >= 11 is 0. The van der Waals surface area contributed by atoms with E-state index in [9.17, 15) is 4.39 Å². The van der Waals surface area contributed by atoms with Gasteiger partial charge >= 0.3 is 0 Å². The highest BCUT2D eigenvalue weighted by Gasteiger charge is 2.05. The maximum absolute atomic E-state index is 13.4. The molecular weight excluding hydrogens is 177 g/mol. The minimum absolute atomic E-state index is 0.301. The summed E-state index contributed by atoms with van der Waals surface area (Å²) in [5.41, 5.74) is 7.56. The molecular formula is C12H9FN. The lowest BCUT2D eigenvalue weighted by atomic mass is 10.0. The monoisotopic (exact) mass is 186 g/mol. The van der Waals surface area contributed by atoms with Crippen LogP contribution in [0.3, 0.4) is 0 Å². The summed E-state index contributed by atoms with van der Waals surface area (Å²) in [5.74, 6) is -0.301. The zero-order valence-electron chi connectivity index (χ0n) is 7.50. The van der Waals surface area contributed by atoms with Crippen molar-refractivity contribution in [1.29, 1.82) is 0 Å². The summed E-state index contributed by atoms with van der Waals surface area (Å²) in [5, 5.41) is 0. The van der Waals surface area contributed by atoms with Gasteiger partial charge in [-0.15, -0.1) is 0 Å². The van der Waals surface area contributed by atoms with Gasteiger partial charge in [-0.1, -0.05) is 30.3 Å². The van der Waals surface area contributed by atoms with E-state index >= 15 is 0 Å². The Balaban J connectivity index is 2.61. The number of nitrogens with two attached hydrogens (primary N) is 1. The molecule has 0 aliphatic heterocycles. The summed E-state index contributed by atoms with van der Waals surface area (Å²) in [4.78, 5) is 0. The van der Waals surface area contributed by atoms with Crippen LogP contribution in [0.2, 0.25) is 0 Å². The van der Waals surface area contributed by atoms with Crippen LogP contribution in [0.4, 0.5) is 10.1 Å². The van der Waals surface area contributed by atoms with Crippen molar-refractivity contribution in [2.45, 2.75) is 0 Å². The molecule has 0 amide bonds. The molecule has 0 atom stereocenters. The highest BCUT2D eigenvalue weighted by Crippen LogP contribution is 2.27. The maximum atomic E-state index is 13.4. The van der Waals surface area contributed by atoms with Crippen molar-refractivity contribution in [3.63, 3.8) is 0 Å². The lowest BCUT2D eigenvalue weighted by Crippen LogP contribution is -1.91. The molecule has 0 heterocycles. The van der Waals surface area contributed by atoms with E-state index in [2.05, 4.69) is 6.07 Å². The summed E-state index contributed by atoms with van der Waals surface area (Å²) in [6, 6.07) is 14.5. The number of hydrogen-bond donors (Lipinski definition) is 1. The number of halogens is 1. The van der Waals surface area contributed by atoms with Crippen molar-refractivity contribution < 1.29 is 4.39 Å². The Bertz CT molecular complexity index is 408. The maximum Gasteiger partial charge on any atom is 0.131 e. The van der Waals surface area contributed by atoms with E-state index in [4.69, 9.17) is 5.73 Å². The number of rotatable bonds is 1. The van der Waals surface area contributed by atoms with E-state index in [1.165, 1.54) is 6.07 Å². The first-order valence-corrected chi connectivity index (χ1v) is 4.29. The van der Waals surface area contributed by atoms with Crippen LogP contribution >= 0.6 is 0 Å². The van der Waals surface area contributed by atoms with Crippen molar-refractivity contribution in [3.8, 4) is 11.1 Å². The molecule has 0 saturated carbocycles. The fourth-order valence-corrected chi connectivity index (χ4v) is 1.37. The van der Waals surface area contributed by atoms with E-state index in [-0.39, 0.29) is 5.82 Å². The molecule has 1 radical (unpaired) electrons. The van der Waals surface area contributed by atoms with Crippen LogP contribution in [0.15, 0.2) is 42.5 Å². The first-order valence-electron chi connectivity index (χ1n) is 4.29. The van der Waals surface area contributed by atoms with E-state index in [0.717, 1.165) is 5.56 Å². The van der Waals surface area contributed by atoms with E-state index in [1.807, 2.05) is 12.1 Å². The lowest BCUT2D eigenvalue weighted by molar-refractivity contribution is 0.631. The van der Waals surface area contributed by atoms with Gasteiger partial charge in [-0.05, 0) is 18.2 Å². The smallest absolute Gasteiger partial charge is 0.131 e. The van der Waals surface area contributed by atoms with Gasteiger partial charge in [-0.25, -0.2) is 4.39 Å². The molecule has 14 heavy (non-hydrogen) atoms. The van der Waals surface area contributed by atoms with Gasteiger partial charge in [0.2, 0.25) is 0 Å². The highest BCUT2D eigenvalue weighted by molar-refractivity contribution is 5.76. The van der Waals surface area contributed by atoms with Crippen molar-refractivity contribution in [2.75, 3.05) is 5.73 Å². The van der Waals surface area contributed by atoms with Crippen LogP contribution < -0.4 is 5.73 Å². The second-order valence-electron chi connectivity index (χ2n) is 2.99. The molecule has 1 nitrogen and oxygen atoms in total. The Morgan fingerprint density at radius 2 is 1.86 bits per heavy atom. The van der Waals surface area contributed by atoms with Crippen LogP contribution in [0.5, 0.6) is 0 Å². The summed E-state index contributed by atoms with van der Waals surface area (Å²) in [6.07, 6.45) is 0. The number of hydrogen-bond acceptors (Lipinski definition) is 1. The first-order chi connectivity index (χ1) is 6.79. The van der Waals surface area contributed by atoms with Crippen LogP contribution in [0.25, 0.3) is 11.1 Å². The quantitative estimate of drug-likeness (QED) is 0.681. The molecule has 0 fully saturated rings. The number of para-hydroxylation sites is 1. The van der Waals surface area contributed by atoms with E-state index in [0.29, 0.717) is 11.3 Å². The molecule has 0 aromatic heterocycles. The van der Waals surface area contributed by atoms with Gasteiger partial charge in [-0.2, -0.15) is 0 Å². The molecule has 0 aliphatic carbocycles. The molecule has 0 aliphatic rings. The molecule has 2 aromatic rings. The molecule has 0 spiro atoms. The number of nitrogen functional groups attached to an aromatic ring is 1. The van der Waals surface area contributed by atoms with Crippen LogP contribution in [0.1, 0.15) is 0 Å². The van der Waals surface area contributed by atoms with Crippen LogP contribution in [0, 0.1) is 11.9 Å². The topological polar surface area (TPSA) is 26.0 Å². The molecule has 0 unspecified atom stereocenters. The van der Waals surface area contributed by atoms with Gasteiger partial charge in [0.1, 0.15) is 5.82 Å². The Hall–Kier alpha value is -1.83. The molecule has 2 N–H and O–H groups in total. The van der Waals surface area contributed by atoms with Gasteiger partial charge < -0.3 is 5.73 Å². The Kier molecular flexibility index (Phi) is 2.19. The van der Waals surface area contributed by atoms with Gasteiger partial charge in [0.05, 0.1) is 0 Å². The van der Waals surface area contributed by atoms with Crippen molar-refractivity contribution in [1.82, 2.24) is 0 Å². The molecule has 2 rings (SSSR count). The number of benzene rings is 2. The fraction of sp³-hybridized carbons (Fsp3) is 0. The van der Waals surface area contributed by atoms with Gasteiger partial charge in [0.15, 0.2) is 0 Å². The SMILES string of the molecule is Nc1ccccc1-c1cc[c]cc1F. The first kappa shape index (κ1) is 8.75. The Morgan fingerprint density at radius 3 is 2.57 bits per heavy atom. The van der Waals surface area contributed by atoms with Crippen LogP contribution in [-0.4, -0.2) is 0 Å². The summed E-state index contributed by atoms with van der Waals surface area (Å²) in [7, 11) is 0. The fourth-order valence-electron chi connectivity index (χ4n) is 1.37. The predicted molar refractivity (Wildman–Crippen MR) is 55.1 cm³/mol. The van der Waals surface area contributed by atoms with E-state index in [1.54, 1.807) is 24.3 Å². The minimum atomic E-state index is -0.301. The van der Waals surface area contributed by atoms with Crippen molar-refractivity contribution >= 4 is 5.69 Å². The Labute approximate surface area is 82.0 Å². The second-order valence-corrected chi connectivity index (χ2v) is 2.99. The third-order valence-corrected chi connectivity index (χ3v) is 2.06. The summed E-state index contributed by atoms with van der Waals surface area (Å²) in [6.45, 7) is 0. The average molecular weight is 186 g/mol. The third-order valence-electron chi connectivity index (χ3n) is 2.06. The zero-order valence-corrected chi connectivity index (χ0v) is 7.50. The molecule has 2 aromatic carbocycles. The highest BCUT2D eigenvalue weighted by atomic mass is 19.1. The van der Waals surface area contributed by atoms with Crippen molar-refractivity contribution in [2.24, 2.45) is 0 Å². The minimum Gasteiger partial charge on any atom is -0.398 e. The predicted octanol–water partition coefficient (Wildman–Crippen LogP) is 2.88. The lowest BCUT2D eigenvalue weighted by Gasteiger charge is -2.05. The van der Waals surface area contributed by atoms with E-state index < -0.39 is 0 Å². The second kappa shape index (κ2) is 3.50. The standard InChI is InChI=1S/C12H9FN/c13-11-7-3-1-5-9(11)10-6-2-4-8-12(10)14/h1-2,4-8H,14H2. The van der Waals surface area contributed by atoms with Gasteiger partial charge in [0, 0.05) is 16.8 Å². The largest absolute Gasteiger partial charge is 0.398 e. The van der Waals surface area contributed by atoms with Gasteiger partial charge in [0.25, 0.3) is 0 Å². The zero-order chi connectivity index (χ0) is 9.97. The third kappa shape index (κ3) is 1.46. The van der Waals surface area contributed by atoms with Crippen molar-refractivity contribution in [3.05, 3.63) is 54.3 Å². The number of anilines is 1.